The van der Waals surface area contributed by atoms with Gasteiger partial charge in [0.25, 0.3) is 0 Å². The Morgan fingerprint density at radius 3 is 0.764 bits per heavy atom. The van der Waals surface area contributed by atoms with Gasteiger partial charge in [0.05, 0.1) is 0 Å². The summed E-state index contributed by atoms with van der Waals surface area (Å²) >= 11 is 0. The second-order valence-electron chi connectivity index (χ2n) is 19.3. The SMILES string of the molecule is Cc1ccc2c(c1)c(C=Cc1ccc(-c3c4ccccc4c(-c4ccccc4)c4ccccc34)cc1)c(C=Cc1ccc(-c3c4ccccc4c(-c4ccccc4)c4ccccc34)cc1)c1cc(C)ccc12. The maximum atomic E-state index is 2.36. The molecular formula is C72H50. The highest BCUT2D eigenvalue weighted by molar-refractivity contribution is 6.23. The maximum Gasteiger partial charge on any atom is -0.00264 e. The van der Waals surface area contributed by atoms with Gasteiger partial charge in [0.15, 0.2) is 0 Å². The van der Waals surface area contributed by atoms with Crippen LogP contribution in [0, 0.1) is 13.8 Å². The van der Waals surface area contributed by atoms with E-state index in [-0.39, 0.29) is 0 Å². The highest BCUT2D eigenvalue weighted by Gasteiger charge is 2.19. The van der Waals surface area contributed by atoms with E-state index in [0.717, 1.165) is 11.1 Å². The molecule has 0 aliphatic heterocycles. The second kappa shape index (κ2) is 18.0. The molecule has 0 bridgehead atoms. The van der Waals surface area contributed by atoms with Crippen molar-refractivity contribution in [3.63, 3.8) is 0 Å². The molecule has 0 heteroatoms. The van der Waals surface area contributed by atoms with Crippen molar-refractivity contribution in [3.8, 4) is 44.5 Å². The highest BCUT2D eigenvalue weighted by Crippen LogP contribution is 2.46. The number of rotatable bonds is 8. The fourth-order valence-corrected chi connectivity index (χ4v) is 11.5. The summed E-state index contributed by atoms with van der Waals surface area (Å²) in [6.07, 6.45) is 9.27. The summed E-state index contributed by atoms with van der Waals surface area (Å²) in [7, 11) is 0. The lowest BCUT2D eigenvalue weighted by Gasteiger charge is -2.18. The Balaban J connectivity index is 0.904. The first-order chi connectivity index (χ1) is 35.6. The third kappa shape index (κ3) is 7.48. The second-order valence-corrected chi connectivity index (χ2v) is 19.3. The molecule has 0 N–H and O–H groups in total. The Labute approximate surface area is 421 Å². The summed E-state index contributed by atoms with van der Waals surface area (Å²) in [6.45, 7) is 4.40. The van der Waals surface area contributed by atoms with Gasteiger partial charge in [0, 0.05) is 0 Å². The molecule has 0 amide bonds. The monoisotopic (exact) mass is 914 g/mol. The summed E-state index contributed by atoms with van der Waals surface area (Å²) in [5, 5.41) is 15.1. The van der Waals surface area contributed by atoms with Crippen molar-refractivity contribution in [1.29, 1.82) is 0 Å². The Bertz CT molecular complexity index is 3890. The maximum absolute atomic E-state index is 2.36. The molecule has 72 heavy (non-hydrogen) atoms. The van der Waals surface area contributed by atoms with Crippen molar-refractivity contribution in [2.24, 2.45) is 0 Å². The summed E-state index contributed by atoms with van der Waals surface area (Å²) in [4.78, 5) is 0. The van der Waals surface area contributed by atoms with Crippen LogP contribution in [0.15, 0.2) is 243 Å². The molecule has 0 atom stereocenters. The van der Waals surface area contributed by atoms with E-state index in [1.54, 1.807) is 0 Å². The lowest BCUT2D eigenvalue weighted by atomic mass is 9.86. The lowest BCUT2D eigenvalue weighted by molar-refractivity contribution is 1.49. The average molecular weight is 915 g/mol. The zero-order chi connectivity index (χ0) is 48.1. The first-order valence-corrected chi connectivity index (χ1v) is 25.1. The molecule has 13 aromatic rings. The van der Waals surface area contributed by atoms with Gasteiger partial charge in [-0.05, 0) is 145 Å². The van der Waals surface area contributed by atoms with Crippen LogP contribution >= 0.6 is 0 Å². The standard InChI is InChI=1S/C72H50/c1-47-29-41-55-56-42-30-48(2)46-68(56)58(44-36-50-33-39-54(40-34-50)72-65-27-15-11-23-61(65)70(52-19-7-4-8-20-52)62-24-12-16-28-66(62)72)57(67(55)45-47)43-35-49-31-37-53(38-32-49)71-63-25-13-9-21-59(63)69(51-17-5-3-6-18-51)60-22-10-14-26-64(60)71/h3-46H,1-2H3. The highest BCUT2D eigenvalue weighted by atomic mass is 14.2. The van der Waals surface area contributed by atoms with E-state index in [0.29, 0.717) is 0 Å². The van der Waals surface area contributed by atoms with Gasteiger partial charge in [-0.1, -0.05) is 278 Å². The minimum Gasteiger partial charge on any atom is -0.0622 e. The molecule has 0 saturated heterocycles. The van der Waals surface area contributed by atoms with Crippen LogP contribution in [0.3, 0.4) is 0 Å². The topological polar surface area (TPSA) is 0 Å². The largest absolute Gasteiger partial charge is 0.0622 e. The van der Waals surface area contributed by atoms with E-state index in [2.05, 4.69) is 281 Å². The van der Waals surface area contributed by atoms with Crippen molar-refractivity contribution in [3.05, 3.63) is 276 Å². The Hall–Kier alpha value is -9.10. The van der Waals surface area contributed by atoms with Gasteiger partial charge in [-0.25, -0.2) is 0 Å². The summed E-state index contributed by atoms with van der Waals surface area (Å²) < 4.78 is 0. The average Bonchev–Trinajstić information content (AvgIpc) is 3.43. The predicted octanol–water partition coefficient (Wildman–Crippen LogP) is 20.2. The van der Waals surface area contributed by atoms with Crippen LogP contribution in [0.1, 0.15) is 33.4 Å². The number of benzene rings is 13. The molecule has 0 nitrogen and oxygen atoms in total. The molecule has 0 saturated carbocycles. The van der Waals surface area contributed by atoms with Gasteiger partial charge in [0.1, 0.15) is 0 Å². The molecule has 13 rings (SSSR count). The van der Waals surface area contributed by atoms with E-state index >= 15 is 0 Å². The van der Waals surface area contributed by atoms with Crippen molar-refractivity contribution >= 4 is 88.9 Å². The van der Waals surface area contributed by atoms with Crippen LogP contribution in [-0.2, 0) is 0 Å². The van der Waals surface area contributed by atoms with E-state index in [4.69, 9.17) is 0 Å². The zero-order valence-corrected chi connectivity index (χ0v) is 40.4. The van der Waals surface area contributed by atoms with Crippen LogP contribution in [-0.4, -0.2) is 0 Å². The van der Waals surface area contributed by atoms with E-state index in [9.17, 15) is 0 Å². The normalized spacial score (nSPS) is 11.9. The Morgan fingerprint density at radius 2 is 0.472 bits per heavy atom. The molecule has 0 aliphatic rings. The van der Waals surface area contributed by atoms with Gasteiger partial charge >= 0.3 is 0 Å². The van der Waals surface area contributed by atoms with Gasteiger partial charge in [-0.15, -0.1) is 0 Å². The third-order valence-electron chi connectivity index (χ3n) is 14.8. The van der Waals surface area contributed by atoms with Gasteiger partial charge < -0.3 is 0 Å². The first-order valence-electron chi connectivity index (χ1n) is 25.1. The molecule has 0 fully saturated rings. The van der Waals surface area contributed by atoms with Crippen LogP contribution in [0.4, 0.5) is 0 Å². The fourth-order valence-electron chi connectivity index (χ4n) is 11.5. The number of hydrogen-bond donors (Lipinski definition) is 0. The van der Waals surface area contributed by atoms with Crippen LogP contribution in [0.2, 0.25) is 0 Å². The number of hydrogen-bond acceptors (Lipinski definition) is 0. The molecule has 0 radical (unpaired) electrons. The van der Waals surface area contributed by atoms with Crippen molar-refractivity contribution in [2.45, 2.75) is 13.8 Å². The third-order valence-corrected chi connectivity index (χ3v) is 14.8. The van der Waals surface area contributed by atoms with Crippen LogP contribution in [0.25, 0.3) is 133 Å². The van der Waals surface area contributed by atoms with Gasteiger partial charge in [0.2, 0.25) is 0 Å². The quantitative estimate of drug-likeness (QED) is 0.0809. The molecular weight excluding hydrogens is 865 g/mol. The molecule has 13 aromatic carbocycles. The summed E-state index contributed by atoms with van der Waals surface area (Å²) in [5.74, 6) is 0. The molecule has 0 aromatic heterocycles. The molecule has 0 heterocycles. The zero-order valence-electron chi connectivity index (χ0n) is 40.4. The van der Waals surface area contributed by atoms with E-state index < -0.39 is 0 Å². The first kappa shape index (κ1) is 43.0. The van der Waals surface area contributed by atoms with E-state index in [1.807, 2.05) is 0 Å². The minimum atomic E-state index is 1.15. The van der Waals surface area contributed by atoms with Crippen molar-refractivity contribution < 1.29 is 0 Å². The van der Waals surface area contributed by atoms with Crippen molar-refractivity contribution in [1.82, 2.24) is 0 Å². The lowest BCUT2D eigenvalue weighted by Crippen LogP contribution is -1.92. The Kier molecular flexibility index (Phi) is 10.7. The van der Waals surface area contributed by atoms with Crippen molar-refractivity contribution in [2.75, 3.05) is 0 Å². The molecule has 0 spiro atoms. The summed E-state index contributed by atoms with van der Waals surface area (Å²) in [6, 6.07) is 89.3. The molecule has 0 aliphatic carbocycles. The summed E-state index contributed by atoms with van der Waals surface area (Å²) in [5.41, 5.74) is 17.2. The number of fused-ring (bicyclic) bond motifs is 7. The number of aryl methyl sites for hydroxylation is 2. The molecule has 0 unspecified atom stereocenters. The van der Waals surface area contributed by atoms with Crippen LogP contribution < -0.4 is 0 Å². The Morgan fingerprint density at radius 1 is 0.208 bits per heavy atom. The molecule has 338 valence electrons. The van der Waals surface area contributed by atoms with Gasteiger partial charge in [-0.2, -0.15) is 0 Å². The van der Waals surface area contributed by atoms with Crippen LogP contribution in [0.5, 0.6) is 0 Å². The van der Waals surface area contributed by atoms with E-state index in [1.165, 1.54) is 131 Å². The smallest absolute Gasteiger partial charge is 0.00264 e. The predicted molar refractivity (Wildman–Crippen MR) is 313 cm³/mol. The fraction of sp³-hybridized carbons (Fsp3) is 0.0278. The van der Waals surface area contributed by atoms with Gasteiger partial charge in [-0.3, -0.25) is 0 Å². The minimum absolute atomic E-state index is 1.15.